The molecule has 3 N–H and O–H groups in total. The van der Waals surface area contributed by atoms with Gasteiger partial charge in [-0.05, 0) is 18.2 Å². The molecule has 2 aromatic heterocycles. The summed E-state index contributed by atoms with van der Waals surface area (Å²) in [4.78, 5) is 7.74. The van der Waals surface area contributed by atoms with Gasteiger partial charge in [-0.25, -0.2) is 8.42 Å². The molecule has 0 aromatic carbocycles. The summed E-state index contributed by atoms with van der Waals surface area (Å²) in [7, 11) is -3.71. The zero-order valence-electron chi connectivity index (χ0n) is 10.4. The predicted octanol–water partition coefficient (Wildman–Crippen LogP) is 0.588. The van der Waals surface area contributed by atoms with Gasteiger partial charge in [0.15, 0.2) is 0 Å². The second-order valence-electron chi connectivity index (χ2n) is 3.76. The number of hydrogen-bond donors (Lipinski definition) is 2. The SMILES string of the molecule is NCC#Cc1cncc(S(=O)(=O)Nc2cccnc2)c1. The lowest BCUT2D eigenvalue weighted by atomic mass is 10.3. The molecule has 0 aliphatic heterocycles. The summed E-state index contributed by atoms with van der Waals surface area (Å²) in [5.74, 6) is 5.38. The normalized spacial score (nSPS) is 10.4. The molecule has 0 atom stereocenters. The molecular weight excluding hydrogens is 276 g/mol. The van der Waals surface area contributed by atoms with Gasteiger partial charge in [-0.1, -0.05) is 11.8 Å². The molecule has 0 fully saturated rings. The van der Waals surface area contributed by atoms with Crippen molar-refractivity contribution in [2.24, 2.45) is 5.73 Å². The minimum atomic E-state index is -3.71. The van der Waals surface area contributed by atoms with E-state index in [9.17, 15) is 8.42 Å². The molecular formula is C13H12N4O2S. The zero-order valence-corrected chi connectivity index (χ0v) is 11.3. The van der Waals surface area contributed by atoms with Crippen molar-refractivity contribution >= 4 is 15.7 Å². The Bertz CT molecular complexity index is 749. The predicted molar refractivity (Wildman–Crippen MR) is 75.2 cm³/mol. The maximum atomic E-state index is 12.2. The minimum Gasteiger partial charge on any atom is -0.320 e. The molecule has 2 heterocycles. The summed E-state index contributed by atoms with van der Waals surface area (Å²) in [5.41, 5.74) is 6.14. The van der Waals surface area contributed by atoms with E-state index >= 15 is 0 Å². The Morgan fingerprint density at radius 2 is 2.10 bits per heavy atom. The molecule has 0 amide bonds. The van der Waals surface area contributed by atoms with Crippen LogP contribution >= 0.6 is 0 Å². The van der Waals surface area contributed by atoms with Crippen LogP contribution in [0.25, 0.3) is 0 Å². The van der Waals surface area contributed by atoms with E-state index in [2.05, 4.69) is 26.5 Å². The number of pyridine rings is 2. The van der Waals surface area contributed by atoms with Crippen LogP contribution in [0.3, 0.4) is 0 Å². The highest BCUT2D eigenvalue weighted by atomic mass is 32.2. The van der Waals surface area contributed by atoms with Crippen LogP contribution in [0.15, 0.2) is 47.9 Å². The van der Waals surface area contributed by atoms with Crippen LogP contribution in [0.5, 0.6) is 0 Å². The molecule has 6 nitrogen and oxygen atoms in total. The third-order valence-electron chi connectivity index (χ3n) is 2.27. The Labute approximate surface area is 117 Å². The van der Waals surface area contributed by atoms with E-state index in [0.29, 0.717) is 11.3 Å². The first-order chi connectivity index (χ1) is 9.62. The fraction of sp³-hybridized carbons (Fsp3) is 0.0769. The van der Waals surface area contributed by atoms with Gasteiger partial charge in [0, 0.05) is 24.2 Å². The van der Waals surface area contributed by atoms with Crippen molar-refractivity contribution in [3.8, 4) is 11.8 Å². The summed E-state index contributed by atoms with van der Waals surface area (Å²) in [5, 5.41) is 0. The quantitative estimate of drug-likeness (QED) is 0.805. The maximum absolute atomic E-state index is 12.2. The standard InChI is InChI=1S/C13H12N4O2S/c14-5-1-3-11-7-13(10-16-8-11)20(18,19)17-12-4-2-6-15-9-12/h2,4,6-10,17H,5,14H2. The smallest absolute Gasteiger partial charge is 0.263 e. The van der Waals surface area contributed by atoms with Crippen molar-refractivity contribution in [3.63, 3.8) is 0 Å². The molecule has 0 saturated carbocycles. The first-order valence-corrected chi connectivity index (χ1v) is 7.17. The molecule has 0 unspecified atom stereocenters. The van der Waals surface area contributed by atoms with Gasteiger partial charge in [-0.15, -0.1) is 0 Å². The molecule has 7 heteroatoms. The number of nitrogens with two attached hydrogens (primary N) is 1. The van der Waals surface area contributed by atoms with Crippen molar-refractivity contribution in [2.75, 3.05) is 11.3 Å². The molecule has 0 aliphatic carbocycles. The molecule has 0 saturated heterocycles. The van der Waals surface area contributed by atoms with Crippen LogP contribution in [0.2, 0.25) is 0 Å². The Kier molecular flexibility index (Phi) is 4.30. The second-order valence-corrected chi connectivity index (χ2v) is 5.44. The summed E-state index contributed by atoms with van der Waals surface area (Å²) in [6, 6.07) is 4.68. The fourth-order valence-electron chi connectivity index (χ4n) is 1.42. The van der Waals surface area contributed by atoms with Crippen LogP contribution < -0.4 is 10.5 Å². The van der Waals surface area contributed by atoms with Gasteiger partial charge in [0.25, 0.3) is 10.0 Å². The van der Waals surface area contributed by atoms with Gasteiger partial charge in [0.05, 0.1) is 18.4 Å². The molecule has 20 heavy (non-hydrogen) atoms. The van der Waals surface area contributed by atoms with Gasteiger partial charge in [0.2, 0.25) is 0 Å². The number of rotatable bonds is 3. The molecule has 102 valence electrons. The minimum absolute atomic E-state index is 0.0326. The lowest BCUT2D eigenvalue weighted by molar-refractivity contribution is 0.600. The first kappa shape index (κ1) is 14.0. The van der Waals surface area contributed by atoms with Crippen LogP contribution in [-0.2, 0) is 10.0 Å². The zero-order chi connectivity index (χ0) is 14.4. The van der Waals surface area contributed by atoms with E-state index < -0.39 is 10.0 Å². The summed E-state index contributed by atoms with van der Waals surface area (Å²) >= 11 is 0. The van der Waals surface area contributed by atoms with Crippen LogP contribution in [0.1, 0.15) is 5.56 Å². The number of hydrogen-bond acceptors (Lipinski definition) is 5. The Hall–Kier alpha value is -2.43. The average molecular weight is 288 g/mol. The van der Waals surface area contributed by atoms with Gasteiger partial charge in [-0.2, -0.15) is 0 Å². The van der Waals surface area contributed by atoms with Crippen LogP contribution in [-0.4, -0.2) is 24.9 Å². The van der Waals surface area contributed by atoms with Gasteiger partial charge < -0.3 is 5.73 Å². The summed E-state index contributed by atoms with van der Waals surface area (Å²) in [6.45, 7) is 0.199. The van der Waals surface area contributed by atoms with Crippen molar-refractivity contribution < 1.29 is 8.42 Å². The van der Waals surface area contributed by atoms with E-state index in [1.165, 1.54) is 24.7 Å². The highest BCUT2D eigenvalue weighted by Gasteiger charge is 2.14. The van der Waals surface area contributed by atoms with E-state index in [1.54, 1.807) is 18.3 Å². The summed E-state index contributed by atoms with van der Waals surface area (Å²) in [6.07, 6.45) is 5.71. The number of nitrogens with one attached hydrogen (secondary N) is 1. The monoisotopic (exact) mass is 288 g/mol. The molecule has 0 spiro atoms. The number of anilines is 1. The first-order valence-electron chi connectivity index (χ1n) is 5.68. The third-order valence-corrected chi connectivity index (χ3v) is 3.62. The third kappa shape index (κ3) is 3.54. The highest BCUT2D eigenvalue weighted by Crippen LogP contribution is 2.14. The lowest BCUT2D eigenvalue weighted by Gasteiger charge is -2.07. The highest BCUT2D eigenvalue weighted by molar-refractivity contribution is 7.92. The molecule has 2 rings (SSSR count). The molecule has 0 bridgehead atoms. The number of nitrogens with zero attached hydrogens (tertiary/aromatic N) is 2. The maximum Gasteiger partial charge on any atom is 0.263 e. The summed E-state index contributed by atoms with van der Waals surface area (Å²) < 4.78 is 26.8. The van der Waals surface area contributed by atoms with Crippen molar-refractivity contribution in [1.29, 1.82) is 0 Å². The molecule has 0 aliphatic rings. The fourth-order valence-corrected chi connectivity index (χ4v) is 2.46. The van der Waals surface area contributed by atoms with Crippen molar-refractivity contribution in [3.05, 3.63) is 48.5 Å². The lowest BCUT2D eigenvalue weighted by Crippen LogP contribution is -2.13. The largest absolute Gasteiger partial charge is 0.320 e. The Balaban J connectivity index is 2.30. The van der Waals surface area contributed by atoms with Gasteiger partial charge >= 0.3 is 0 Å². The molecule has 0 radical (unpaired) electrons. The topological polar surface area (TPSA) is 98.0 Å². The van der Waals surface area contributed by atoms with Gasteiger partial charge in [0.1, 0.15) is 4.90 Å². The van der Waals surface area contributed by atoms with E-state index in [1.807, 2.05) is 0 Å². The van der Waals surface area contributed by atoms with Gasteiger partial charge in [-0.3, -0.25) is 14.7 Å². The van der Waals surface area contributed by atoms with Crippen LogP contribution in [0, 0.1) is 11.8 Å². The molecule has 2 aromatic rings. The van der Waals surface area contributed by atoms with Crippen molar-refractivity contribution in [2.45, 2.75) is 4.90 Å². The Morgan fingerprint density at radius 1 is 1.25 bits per heavy atom. The number of aromatic nitrogens is 2. The Morgan fingerprint density at radius 3 is 2.80 bits per heavy atom. The van der Waals surface area contributed by atoms with E-state index in [4.69, 9.17) is 5.73 Å². The average Bonchev–Trinajstić information content (AvgIpc) is 2.46. The van der Waals surface area contributed by atoms with Crippen LogP contribution in [0.4, 0.5) is 5.69 Å². The number of sulfonamides is 1. The van der Waals surface area contributed by atoms with E-state index in [-0.39, 0.29) is 11.4 Å². The van der Waals surface area contributed by atoms with E-state index in [0.717, 1.165) is 0 Å². The van der Waals surface area contributed by atoms with Crippen molar-refractivity contribution in [1.82, 2.24) is 9.97 Å². The second kappa shape index (κ2) is 6.14.